The Kier molecular flexibility index (Phi) is 5.18. The second-order valence-corrected chi connectivity index (χ2v) is 8.05. The standard InChI is InChI=1S/C24H26O6/c1-14(24(23(26)27)11-4-12-24)30-21-18(8-10-20(28-2)22(21)29-3)16-5-7-17-15(13-16)6-9-19(17)25/h5,7-8,10,13-14H,4,6,9,11-12H2,1-3H3,(H,26,27). The van der Waals surface area contributed by atoms with Crippen molar-refractivity contribution in [1.82, 2.24) is 0 Å². The van der Waals surface area contributed by atoms with Gasteiger partial charge in [-0.15, -0.1) is 0 Å². The minimum absolute atomic E-state index is 0.169. The molecule has 0 bridgehead atoms. The van der Waals surface area contributed by atoms with Crippen LogP contribution in [0.3, 0.4) is 0 Å². The number of carbonyl (C=O) groups excluding carboxylic acids is 1. The number of rotatable bonds is 7. The lowest BCUT2D eigenvalue weighted by Crippen LogP contribution is -2.49. The molecule has 2 aliphatic carbocycles. The van der Waals surface area contributed by atoms with Crippen LogP contribution < -0.4 is 14.2 Å². The van der Waals surface area contributed by atoms with Gasteiger partial charge in [-0.1, -0.05) is 24.6 Å². The number of carbonyl (C=O) groups is 2. The van der Waals surface area contributed by atoms with Crippen molar-refractivity contribution in [2.24, 2.45) is 5.41 Å². The quantitative estimate of drug-likeness (QED) is 0.723. The fourth-order valence-corrected chi connectivity index (χ4v) is 4.51. The molecule has 0 saturated heterocycles. The minimum atomic E-state index is -0.893. The lowest BCUT2D eigenvalue weighted by Gasteiger charge is -2.42. The Labute approximate surface area is 175 Å². The smallest absolute Gasteiger partial charge is 0.313 e. The SMILES string of the molecule is COc1ccc(-c2ccc3c(c2)CCC3=O)c(OC(C)C2(C(=O)O)CCC2)c1OC. The van der Waals surface area contributed by atoms with E-state index >= 15 is 0 Å². The van der Waals surface area contributed by atoms with E-state index in [4.69, 9.17) is 14.2 Å². The van der Waals surface area contributed by atoms with Crippen LogP contribution in [0.4, 0.5) is 0 Å². The molecule has 1 N–H and O–H groups in total. The molecule has 0 aromatic heterocycles. The van der Waals surface area contributed by atoms with E-state index in [0.29, 0.717) is 36.5 Å². The molecule has 4 rings (SSSR count). The third-order valence-corrected chi connectivity index (χ3v) is 6.58. The Bertz CT molecular complexity index is 1000. The van der Waals surface area contributed by atoms with Crippen molar-refractivity contribution in [3.8, 4) is 28.4 Å². The number of hydrogen-bond donors (Lipinski definition) is 1. The summed E-state index contributed by atoms with van der Waals surface area (Å²) < 4.78 is 17.4. The van der Waals surface area contributed by atoms with Gasteiger partial charge in [0.05, 0.1) is 14.2 Å². The highest BCUT2D eigenvalue weighted by Gasteiger charge is 2.50. The van der Waals surface area contributed by atoms with E-state index in [1.54, 1.807) is 20.1 Å². The van der Waals surface area contributed by atoms with E-state index in [-0.39, 0.29) is 5.78 Å². The van der Waals surface area contributed by atoms with Gasteiger partial charge in [-0.05, 0) is 49.4 Å². The van der Waals surface area contributed by atoms with Gasteiger partial charge in [0, 0.05) is 17.5 Å². The maximum Gasteiger partial charge on any atom is 0.313 e. The number of hydrogen-bond acceptors (Lipinski definition) is 5. The first kappa shape index (κ1) is 20.3. The lowest BCUT2D eigenvalue weighted by molar-refractivity contribution is -0.162. The van der Waals surface area contributed by atoms with E-state index < -0.39 is 17.5 Å². The number of benzene rings is 2. The summed E-state index contributed by atoms with van der Waals surface area (Å²) in [5.41, 5.74) is 2.57. The van der Waals surface area contributed by atoms with Crippen molar-refractivity contribution in [2.45, 2.75) is 45.1 Å². The monoisotopic (exact) mass is 410 g/mol. The van der Waals surface area contributed by atoms with Crippen molar-refractivity contribution in [3.05, 3.63) is 41.5 Å². The Hall–Kier alpha value is -3.02. The molecule has 1 unspecified atom stereocenters. The summed E-state index contributed by atoms with van der Waals surface area (Å²) in [6.45, 7) is 1.80. The molecule has 0 radical (unpaired) electrons. The topological polar surface area (TPSA) is 82.1 Å². The van der Waals surface area contributed by atoms with E-state index in [2.05, 4.69) is 0 Å². The van der Waals surface area contributed by atoms with Gasteiger partial charge in [0.1, 0.15) is 11.5 Å². The predicted molar refractivity (Wildman–Crippen MR) is 112 cm³/mol. The predicted octanol–water partition coefficient (Wildman–Crippen LogP) is 4.52. The molecule has 2 aromatic rings. The molecule has 158 valence electrons. The van der Waals surface area contributed by atoms with Crippen LogP contribution in [0.25, 0.3) is 11.1 Å². The molecule has 2 aliphatic rings. The van der Waals surface area contributed by atoms with Crippen LogP contribution in [0.2, 0.25) is 0 Å². The van der Waals surface area contributed by atoms with Crippen LogP contribution in [-0.2, 0) is 11.2 Å². The van der Waals surface area contributed by atoms with Crippen molar-refractivity contribution in [1.29, 1.82) is 0 Å². The zero-order valence-corrected chi connectivity index (χ0v) is 17.5. The average Bonchev–Trinajstić information content (AvgIpc) is 3.06. The maximum atomic E-state index is 12.0. The van der Waals surface area contributed by atoms with Crippen LogP contribution in [0, 0.1) is 5.41 Å². The molecule has 30 heavy (non-hydrogen) atoms. The highest BCUT2D eigenvalue weighted by atomic mass is 16.5. The third-order valence-electron chi connectivity index (χ3n) is 6.58. The Morgan fingerprint density at radius 3 is 2.37 bits per heavy atom. The first-order valence-corrected chi connectivity index (χ1v) is 10.2. The molecule has 0 heterocycles. The van der Waals surface area contributed by atoms with Gasteiger partial charge in [-0.2, -0.15) is 0 Å². The number of Topliss-reactive ketones (excluding diaryl/α,β-unsaturated/α-hetero) is 1. The number of fused-ring (bicyclic) bond motifs is 1. The Morgan fingerprint density at radius 1 is 1.03 bits per heavy atom. The van der Waals surface area contributed by atoms with Crippen LogP contribution >= 0.6 is 0 Å². The van der Waals surface area contributed by atoms with Gasteiger partial charge < -0.3 is 19.3 Å². The Morgan fingerprint density at radius 2 is 1.77 bits per heavy atom. The lowest BCUT2D eigenvalue weighted by atomic mass is 9.65. The summed E-state index contributed by atoms with van der Waals surface area (Å²) in [6.07, 6.45) is 2.77. The average molecular weight is 410 g/mol. The number of ether oxygens (including phenoxy) is 3. The van der Waals surface area contributed by atoms with Crippen molar-refractivity contribution in [3.63, 3.8) is 0 Å². The zero-order chi connectivity index (χ0) is 21.5. The van der Waals surface area contributed by atoms with Crippen LogP contribution in [0.5, 0.6) is 17.2 Å². The van der Waals surface area contributed by atoms with Crippen molar-refractivity contribution in [2.75, 3.05) is 14.2 Å². The highest BCUT2D eigenvalue weighted by Crippen LogP contribution is 2.50. The minimum Gasteiger partial charge on any atom is -0.493 e. The van der Waals surface area contributed by atoms with Gasteiger partial charge in [0.2, 0.25) is 5.75 Å². The molecule has 0 amide bonds. The normalized spacial score (nSPS) is 17.6. The summed E-state index contributed by atoms with van der Waals surface area (Å²) >= 11 is 0. The maximum absolute atomic E-state index is 12.0. The van der Waals surface area contributed by atoms with Crippen LogP contribution in [0.1, 0.15) is 48.5 Å². The first-order chi connectivity index (χ1) is 14.4. The summed E-state index contributed by atoms with van der Waals surface area (Å²) in [6, 6.07) is 9.46. The number of carboxylic acid groups (broad SMARTS) is 1. The third kappa shape index (κ3) is 3.11. The molecule has 0 aliphatic heterocycles. The second kappa shape index (κ2) is 7.67. The van der Waals surface area contributed by atoms with Crippen molar-refractivity contribution < 1.29 is 28.9 Å². The number of carboxylic acids is 1. The number of methoxy groups -OCH3 is 2. The van der Waals surface area contributed by atoms with Gasteiger partial charge in [0.15, 0.2) is 17.3 Å². The first-order valence-electron chi connectivity index (χ1n) is 10.2. The molecule has 1 atom stereocenters. The zero-order valence-electron chi connectivity index (χ0n) is 17.5. The number of aliphatic carboxylic acids is 1. The molecular weight excluding hydrogens is 384 g/mol. The summed E-state index contributed by atoms with van der Waals surface area (Å²) in [4.78, 5) is 24.0. The summed E-state index contributed by atoms with van der Waals surface area (Å²) in [5, 5.41) is 9.81. The number of aryl methyl sites for hydroxylation is 1. The Balaban J connectivity index is 1.80. The molecule has 6 nitrogen and oxygen atoms in total. The van der Waals surface area contributed by atoms with E-state index in [9.17, 15) is 14.7 Å². The summed E-state index contributed by atoms with van der Waals surface area (Å²) in [5.74, 6) is 0.736. The molecule has 2 aromatic carbocycles. The molecule has 0 spiro atoms. The fraction of sp³-hybridized carbons (Fsp3) is 0.417. The van der Waals surface area contributed by atoms with Crippen molar-refractivity contribution >= 4 is 11.8 Å². The fourth-order valence-electron chi connectivity index (χ4n) is 4.51. The van der Waals surface area contributed by atoms with E-state index in [0.717, 1.165) is 35.1 Å². The van der Waals surface area contributed by atoms with E-state index in [1.165, 1.54) is 7.11 Å². The molecule has 1 fully saturated rings. The summed E-state index contributed by atoms with van der Waals surface area (Å²) in [7, 11) is 3.09. The van der Waals surface area contributed by atoms with Crippen LogP contribution in [-0.4, -0.2) is 37.2 Å². The highest BCUT2D eigenvalue weighted by molar-refractivity contribution is 6.01. The van der Waals surface area contributed by atoms with Gasteiger partial charge >= 0.3 is 5.97 Å². The molecule has 6 heteroatoms. The van der Waals surface area contributed by atoms with Gasteiger partial charge in [0.25, 0.3) is 0 Å². The molecular formula is C24H26O6. The number of ketones is 1. The van der Waals surface area contributed by atoms with Gasteiger partial charge in [-0.3, -0.25) is 9.59 Å². The molecule has 1 saturated carbocycles. The van der Waals surface area contributed by atoms with E-state index in [1.807, 2.05) is 24.3 Å². The van der Waals surface area contributed by atoms with Gasteiger partial charge in [-0.25, -0.2) is 0 Å². The second-order valence-electron chi connectivity index (χ2n) is 8.05. The van der Waals surface area contributed by atoms with Crippen LogP contribution in [0.15, 0.2) is 30.3 Å². The largest absolute Gasteiger partial charge is 0.493 e.